The van der Waals surface area contributed by atoms with Crippen molar-refractivity contribution in [2.75, 3.05) is 19.8 Å². The zero-order valence-corrected chi connectivity index (χ0v) is 11.2. The highest BCUT2D eigenvalue weighted by molar-refractivity contribution is 4.70. The third-order valence-corrected chi connectivity index (χ3v) is 2.55. The van der Waals surface area contributed by atoms with Crippen LogP contribution in [0.2, 0.25) is 0 Å². The minimum atomic E-state index is 0.444. The molecule has 0 aromatic carbocycles. The predicted octanol–water partition coefficient (Wildman–Crippen LogP) is 3.22. The van der Waals surface area contributed by atoms with E-state index in [1.165, 1.54) is 12.8 Å². The molecule has 0 spiro atoms. The Hall–Kier alpha value is -0.0800. The van der Waals surface area contributed by atoms with Gasteiger partial charge in [0.05, 0.1) is 0 Å². The first-order valence-electron chi connectivity index (χ1n) is 6.30. The van der Waals surface area contributed by atoms with Crippen molar-refractivity contribution in [1.82, 2.24) is 5.32 Å². The number of hydrogen-bond acceptors (Lipinski definition) is 2. The van der Waals surface area contributed by atoms with Gasteiger partial charge < -0.3 is 10.1 Å². The number of nitrogens with one attached hydrogen (secondary N) is 1. The van der Waals surface area contributed by atoms with Crippen molar-refractivity contribution in [3.63, 3.8) is 0 Å². The molecule has 0 saturated carbocycles. The first-order chi connectivity index (χ1) is 6.99. The summed E-state index contributed by atoms with van der Waals surface area (Å²) in [6, 6.07) is 0.626. The first-order valence-corrected chi connectivity index (χ1v) is 6.30. The molecule has 1 N–H and O–H groups in total. The summed E-state index contributed by atoms with van der Waals surface area (Å²) < 4.78 is 5.40. The largest absolute Gasteiger partial charge is 0.382 e. The maximum Gasteiger partial charge on any atom is 0.0480 e. The van der Waals surface area contributed by atoms with Gasteiger partial charge in [0.1, 0.15) is 0 Å². The minimum Gasteiger partial charge on any atom is -0.382 e. The Balaban J connectivity index is 3.72. The number of rotatable bonds is 8. The second kappa shape index (κ2) is 8.12. The van der Waals surface area contributed by atoms with E-state index in [0.717, 1.165) is 26.2 Å². The molecule has 2 heteroatoms. The molecule has 0 saturated heterocycles. The molecule has 0 heterocycles. The minimum absolute atomic E-state index is 0.444. The monoisotopic (exact) mass is 215 g/mol. The van der Waals surface area contributed by atoms with Crippen molar-refractivity contribution in [3.8, 4) is 0 Å². The SMILES string of the molecule is CCNC(CCOCC)CCC(C)(C)C. The molecule has 0 rings (SSSR count). The molecular weight excluding hydrogens is 186 g/mol. The Kier molecular flexibility index (Phi) is 8.07. The molecule has 1 atom stereocenters. The molecule has 0 amide bonds. The first kappa shape index (κ1) is 14.9. The van der Waals surface area contributed by atoms with E-state index in [9.17, 15) is 0 Å². The van der Waals surface area contributed by atoms with Gasteiger partial charge in [0.15, 0.2) is 0 Å². The second-order valence-electron chi connectivity index (χ2n) is 5.34. The highest BCUT2D eigenvalue weighted by atomic mass is 16.5. The lowest BCUT2D eigenvalue weighted by atomic mass is 9.88. The van der Waals surface area contributed by atoms with Crippen LogP contribution in [0.25, 0.3) is 0 Å². The van der Waals surface area contributed by atoms with E-state index in [1.807, 2.05) is 0 Å². The van der Waals surface area contributed by atoms with E-state index in [2.05, 4.69) is 39.9 Å². The van der Waals surface area contributed by atoms with Crippen LogP contribution in [0.3, 0.4) is 0 Å². The Labute approximate surface area is 95.8 Å². The molecule has 0 fully saturated rings. The summed E-state index contributed by atoms with van der Waals surface area (Å²) in [4.78, 5) is 0. The van der Waals surface area contributed by atoms with E-state index in [-0.39, 0.29) is 0 Å². The second-order valence-corrected chi connectivity index (χ2v) is 5.34. The van der Waals surface area contributed by atoms with Gasteiger partial charge >= 0.3 is 0 Å². The standard InChI is InChI=1S/C13H29NO/c1-6-14-12(9-11-15-7-2)8-10-13(3,4)5/h12,14H,6-11H2,1-5H3. The molecule has 0 aliphatic rings. The van der Waals surface area contributed by atoms with E-state index in [1.54, 1.807) is 0 Å². The van der Waals surface area contributed by atoms with Crippen molar-refractivity contribution in [2.24, 2.45) is 5.41 Å². The van der Waals surface area contributed by atoms with Crippen molar-refractivity contribution in [1.29, 1.82) is 0 Å². The van der Waals surface area contributed by atoms with Crippen molar-refractivity contribution in [3.05, 3.63) is 0 Å². The lowest BCUT2D eigenvalue weighted by molar-refractivity contribution is 0.133. The maximum atomic E-state index is 5.40. The van der Waals surface area contributed by atoms with Crippen LogP contribution < -0.4 is 5.32 Å². The Bertz CT molecular complexity index is 140. The topological polar surface area (TPSA) is 21.3 Å². The Morgan fingerprint density at radius 1 is 1.13 bits per heavy atom. The predicted molar refractivity (Wildman–Crippen MR) is 67.3 cm³/mol. The van der Waals surface area contributed by atoms with Gasteiger partial charge in [-0.3, -0.25) is 0 Å². The molecule has 0 aromatic rings. The molecule has 1 unspecified atom stereocenters. The summed E-state index contributed by atoms with van der Waals surface area (Å²) in [6.45, 7) is 13.9. The molecule has 0 aliphatic carbocycles. The molecule has 0 aliphatic heterocycles. The zero-order chi connectivity index (χ0) is 11.7. The van der Waals surface area contributed by atoms with Gasteiger partial charge in [-0.2, -0.15) is 0 Å². The van der Waals surface area contributed by atoms with Crippen molar-refractivity contribution in [2.45, 2.75) is 59.9 Å². The zero-order valence-electron chi connectivity index (χ0n) is 11.2. The lowest BCUT2D eigenvalue weighted by Gasteiger charge is -2.23. The Morgan fingerprint density at radius 3 is 2.27 bits per heavy atom. The van der Waals surface area contributed by atoms with Crippen LogP contribution in [0.1, 0.15) is 53.9 Å². The highest BCUT2D eigenvalue weighted by Crippen LogP contribution is 2.22. The van der Waals surface area contributed by atoms with Gasteiger partial charge in [-0.05, 0) is 38.1 Å². The summed E-state index contributed by atoms with van der Waals surface area (Å²) in [5, 5.41) is 3.53. The summed E-state index contributed by atoms with van der Waals surface area (Å²) in [7, 11) is 0. The summed E-state index contributed by atoms with van der Waals surface area (Å²) in [5.74, 6) is 0. The summed E-state index contributed by atoms with van der Waals surface area (Å²) >= 11 is 0. The molecule has 0 radical (unpaired) electrons. The number of hydrogen-bond donors (Lipinski definition) is 1. The van der Waals surface area contributed by atoms with Crippen LogP contribution in [0.4, 0.5) is 0 Å². The van der Waals surface area contributed by atoms with Gasteiger partial charge in [-0.25, -0.2) is 0 Å². The Morgan fingerprint density at radius 2 is 1.80 bits per heavy atom. The fourth-order valence-corrected chi connectivity index (χ4v) is 1.61. The van der Waals surface area contributed by atoms with Crippen molar-refractivity contribution < 1.29 is 4.74 Å². The van der Waals surface area contributed by atoms with E-state index in [4.69, 9.17) is 4.74 Å². The molecular formula is C13H29NO. The van der Waals surface area contributed by atoms with Gasteiger partial charge in [-0.1, -0.05) is 27.7 Å². The van der Waals surface area contributed by atoms with Gasteiger partial charge in [0.25, 0.3) is 0 Å². The lowest BCUT2D eigenvalue weighted by Crippen LogP contribution is -2.31. The average Bonchev–Trinajstić information content (AvgIpc) is 2.13. The highest BCUT2D eigenvalue weighted by Gasteiger charge is 2.14. The third kappa shape index (κ3) is 10.2. The van der Waals surface area contributed by atoms with Crippen LogP contribution in [0.15, 0.2) is 0 Å². The van der Waals surface area contributed by atoms with E-state index < -0.39 is 0 Å². The molecule has 0 bridgehead atoms. The molecule has 92 valence electrons. The maximum absolute atomic E-state index is 5.40. The summed E-state index contributed by atoms with van der Waals surface area (Å²) in [6.07, 6.45) is 3.67. The normalized spacial score (nSPS) is 14.2. The quantitative estimate of drug-likeness (QED) is 0.628. The molecule has 0 aromatic heterocycles. The third-order valence-electron chi connectivity index (χ3n) is 2.55. The van der Waals surface area contributed by atoms with Crippen LogP contribution in [0, 0.1) is 5.41 Å². The smallest absolute Gasteiger partial charge is 0.0480 e. The van der Waals surface area contributed by atoms with Crippen LogP contribution in [0.5, 0.6) is 0 Å². The summed E-state index contributed by atoms with van der Waals surface area (Å²) in [5.41, 5.74) is 0.444. The van der Waals surface area contributed by atoms with Crippen LogP contribution in [-0.2, 0) is 4.74 Å². The van der Waals surface area contributed by atoms with E-state index in [0.29, 0.717) is 11.5 Å². The molecule has 2 nitrogen and oxygen atoms in total. The average molecular weight is 215 g/mol. The van der Waals surface area contributed by atoms with E-state index >= 15 is 0 Å². The van der Waals surface area contributed by atoms with Gasteiger partial charge in [0, 0.05) is 19.3 Å². The van der Waals surface area contributed by atoms with Crippen LogP contribution >= 0.6 is 0 Å². The fraction of sp³-hybridized carbons (Fsp3) is 1.00. The van der Waals surface area contributed by atoms with Gasteiger partial charge in [0.2, 0.25) is 0 Å². The van der Waals surface area contributed by atoms with Crippen LogP contribution in [-0.4, -0.2) is 25.8 Å². The number of ether oxygens (including phenoxy) is 1. The molecule has 15 heavy (non-hydrogen) atoms. The van der Waals surface area contributed by atoms with Crippen molar-refractivity contribution >= 4 is 0 Å². The fourth-order valence-electron chi connectivity index (χ4n) is 1.61. The van der Waals surface area contributed by atoms with Gasteiger partial charge in [-0.15, -0.1) is 0 Å².